The quantitative estimate of drug-likeness (QED) is 0.0337. The molecule has 1 amide bonds. The Morgan fingerprint density at radius 1 is 0.560 bits per heavy atom. The number of unbranched alkanes of at least 4 members (excludes halogenated alkanes) is 22. The Morgan fingerprint density at radius 3 is 1.54 bits per heavy atom. The first-order valence-corrected chi connectivity index (χ1v) is 21.6. The first kappa shape index (κ1) is 48.3. The second-order valence-electron chi connectivity index (χ2n) is 14.7. The number of aliphatic hydroxyl groups excluding tert-OH is 2. The van der Waals surface area contributed by atoms with Crippen LogP contribution in [0.4, 0.5) is 0 Å². The number of amides is 1. The fraction of sp³-hybridized carbons (Fsp3) is 0.864. The van der Waals surface area contributed by atoms with Crippen LogP contribution in [0.25, 0.3) is 0 Å². The summed E-state index contributed by atoms with van der Waals surface area (Å²) in [5.74, 6) is -0.501. The van der Waals surface area contributed by atoms with Crippen LogP contribution in [0.3, 0.4) is 0 Å². The fourth-order valence-corrected chi connectivity index (χ4v) is 6.40. The molecule has 6 nitrogen and oxygen atoms in total. The lowest BCUT2D eigenvalue weighted by atomic mass is 10.0. The molecule has 0 saturated heterocycles. The molecule has 0 aliphatic heterocycles. The predicted molar refractivity (Wildman–Crippen MR) is 213 cm³/mol. The van der Waals surface area contributed by atoms with E-state index in [0.29, 0.717) is 19.3 Å². The van der Waals surface area contributed by atoms with Crippen molar-refractivity contribution in [2.45, 2.75) is 238 Å². The second kappa shape index (κ2) is 38.6. The van der Waals surface area contributed by atoms with Gasteiger partial charge < -0.3 is 20.3 Å². The van der Waals surface area contributed by atoms with E-state index in [0.717, 1.165) is 77.0 Å². The molecule has 0 radical (unpaired) electrons. The number of hydrogen-bond acceptors (Lipinski definition) is 5. The zero-order valence-corrected chi connectivity index (χ0v) is 33.3. The SMILES string of the molecule is CCCC/C=C\CCCCCCCC(=O)OC(CCCCC/C=C\CCCCC)CC(=O)NC(CO)C(O)CCCCCCCCCCCC. The first-order valence-electron chi connectivity index (χ1n) is 21.6. The molecule has 0 aromatic heterocycles. The molecule has 0 fully saturated rings. The molecule has 6 heteroatoms. The van der Waals surface area contributed by atoms with Crippen LogP contribution in [0.2, 0.25) is 0 Å². The minimum atomic E-state index is -0.786. The highest BCUT2D eigenvalue weighted by molar-refractivity contribution is 5.77. The summed E-state index contributed by atoms with van der Waals surface area (Å²) in [7, 11) is 0. The summed E-state index contributed by atoms with van der Waals surface area (Å²) < 4.78 is 5.86. The molecule has 0 aromatic carbocycles. The molecule has 0 saturated carbocycles. The van der Waals surface area contributed by atoms with Gasteiger partial charge in [-0.25, -0.2) is 0 Å². The summed E-state index contributed by atoms with van der Waals surface area (Å²) in [6, 6.07) is -0.701. The van der Waals surface area contributed by atoms with E-state index < -0.39 is 18.2 Å². The van der Waals surface area contributed by atoms with E-state index in [1.165, 1.54) is 96.3 Å². The third-order valence-electron chi connectivity index (χ3n) is 9.75. The molecule has 0 heterocycles. The topological polar surface area (TPSA) is 95.9 Å². The normalized spacial score (nSPS) is 13.6. The number of rotatable bonds is 38. The standard InChI is InChI=1S/C44H83NO5/c1-4-7-10-13-16-19-22-25-28-31-34-37-44(49)50-40(35-32-29-26-23-20-17-14-11-8-5-2)38-43(48)45-41(39-46)42(47)36-33-30-27-24-21-18-15-12-9-6-3/h13,16-17,20,40-42,46-47H,4-12,14-15,18-19,21-39H2,1-3H3,(H,45,48)/b16-13-,20-17-. The molecule has 0 bridgehead atoms. The lowest BCUT2D eigenvalue weighted by molar-refractivity contribution is -0.151. The molecule has 0 aromatic rings. The number of nitrogens with one attached hydrogen (secondary N) is 1. The van der Waals surface area contributed by atoms with Crippen LogP contribution in [0.5, 0.6) is 0 Å². The maximum absolute atomic E-state index is 13.1. The van der Waals surface area contributed by atoms with Gasteiger partial charge in [0, 0.05) is 6.42 Å². The third kappa shape index (κ3) is 33.5. The Morgan fingerprint density at radius 2 is 0.980 bits per heavy atom. The van der Waals surface area contributed by atoms with Crippen LogP contribution in [-0.2, 0) is 14.3 Å². The van der Waals surface area contributed by atoms with Gasteiger partial charge in [0.2, 0.25) is 5.91 Å². The number of aliphatic hydroxyl groups is 2. The maximum Gasteiger partial charge on any atom is 0.306 e. The zero-order valence-electron chi connectivity index (χ0n) is 33.3. The van der Waals surface area contributed by atoms with Gasteiger partial charge in [-0.15, -0.1) is 0 Å². The Kier molecular flexibility index (Phi) is 37.3. The highest BCUT2D eigenvalue weighted by Crippen LogP contribution is 2.17. The maximum atomic E-state index is 13.1. The van der Waals surface area contributed by atoms with Crippen molar-refractivity contribution in [1.82, 2.24) is 5.32 Å². The van der Waals surface area contributed by atoms with Gasteiger partial charge in [0.05, 0.1) is 25.2 Å². The Balaban J connectivity index is 4.61. The highest BCUT2D eigenvalue weighted by Gasteiger charge is 2.24. The van der Waals surface area contributed by atoms with Crippen LogP contribution in [-0.4, -0.2) is 46.9 Å². The van der Waals surface area contributed by atoms with Gasteiger partial charge in [0.15, 0.2) is 0 Å². The Labute approximate surface area is 310 Å². The lowest BCUT2D eigenvalue weighted by Gasteiger charge is -2.24. The van der Waals surface area contributed by atoms with E-state index in [2.05, 4.69) is 50.4 Å². The molecule has 0 aliphatic rings. The van der Waals surface area contributed by atoms with Gasteiger partial charge in [-0.2, -0.15) is 0 Å². The van der Waals surface area contributed by atoms with E-state index in [1.807, 2.05) is 0 Å². The highest BCUT2D eigenvalue weighted by atomic mass is 16.5. The van der Waals surface area contributed by atoms with Crippen molar-refractivity contribution < 1.29 is 24.5 Å². The molecule has 0 rings (SSSR count). The summed E-state index contributed by atoms with van der Waals surface area (Å²) in [4.78, 5) is 25.8. The van der Waals surface area contributed by atoms with Crippen molar-refractivity contribution in [2.24, 2.45) is 0 Å². The molecular weight excluding hydrogens is 622 g/mol. The summed E-state index contributed by atoms with van der Waals surface area (Å²) in [5.41, 5.74) is 0. The smallest absolute Gasteiger partial charge is 0.306 e. The minimum absolute atomic E-state index is 0.0658. The van der Waals surface area contributed by atoms with E-state index >= 15 is 0 Å². The van der Waals surface area contributed by atoms with Crippen LogP contribution >= 0.6 is 0 Å². The molecule has 0 aliphatic carbocycles. The first-order chi connectivity index (χ1) is 24.5. The third-order valence-corrected chi connectivity index (χ3v) is 9.75. The number of esters is 1. The number of ether oxygens (including phenoxy) is 1. The average Bonchev–Trinajstić information content (AvgIpc) is 3.10. The van der Waals surface area contributed by atoms with Crippen molar-refractivity contribution in [3.05, 3.63) is 24.3 Å². The fourth-order valence-electron chi connectivity index (χ4n) is 6.40. The number of hydrogen-bond donors (Lipinski definition) is 3. The van der Waals surface area contributed by atoms with Gasteiger partial charge in [0.25, 0.3) is 0 Å². The molecule has 0 spiro atoms. The second-order valence-corrected chi connectivity index (χ2v) is 14.7. The summed E-state index contributed by atoms with van der Waals surface area (Å²) in [5, 5.41) is 23.5. The van der Waals surface area contributed by atoms with Gasteiger partial charge in [0.1, 0.15) is 6.10 Å². The lowest BCUT2D eigenvalue weighted by Crippen LogP contribution is -2.46. The number of carbonyl (C=O) groups is 2. The molecule has 294 valence electrons. The summed E-state index contributed by atoms with van der Waals surface area (Å²) in [6.45, 7) is 6.38. The van der Waals surface area contributed by atoms with Gasteiger partial charge in [-0.3, -0.25) is 9.59 Å². The van der Waals surface area contributed by atoms with Crippen LogP contribution in [0.15, 0.2) is 24.3 Å². The number of allylic oxidation sites excluding steroid dienone is 4. The molecule has 50 heavy (non-hydrogen) atoms. The largest absolute Gasteiger partial charge is 0.462 e. The number of carbonyl (C=O) groups excluding carboxylic acids is 2. The van der Waals surface area contributed by atoms with Crippen molar-refractivity contribution in [1.29, 1.82) is 0 Å². The van der Waals surface area contributed by atoms with E-state index in [-0.39, 0.29) is 24.9 Å². The molecular formula is C44H83NO5. The Hall–Kier alpha value is -1.66. The van der Waals surface area contributed by atoms with Crippen LogP contribution < -0.4 is 5.32 Å². The molecule has 3 N–H and O–H groups in total. The van der Waals surface area contributed by atoms with Crippen molar-refractivity contribution >= 4 is 11.9 Å². The Bertz CT molecular complexity index is 797. The monoisotopic (exact) mass is 706 g/mol. The summed E-state index contributed by atoms with van der Waals surface area (Å²) in [6.07, 6.45) is 40.9. The van der Waals surface area contributed by atoms with Gasteiger partial charge >= 0.3 is 5.97 Å². The zero-order chi connectivity index (χ0) is 36.8. The minimum Gasteiger partial charge on any atom is -0.462 e. The van der Waals surface area contributed by atoms with E-state index in [1.54, 1.807) is 0 Å². The van der Waals surface area contributed by atoms with Gasteiger partial charge in [-0.1, -0.05) is 161 Å². The van der Waals surface area contributed by atoms with E-state index in [4.69, 9.17) is 4.74 Å². The van der Waals surface area contributed by atoms with Crippen molar-refractivity contribution in [3.8, 4) is 0 Å². The molecule has 3 atom stereocenters. The van der Waals surface area contributed by atoms with Crippen molar-refractivity contribution in [3.63, 3.8) is 0 Å². The van der Waals surface area contributed by atoms with E-state index in [9.17, 15) is 19.8 Å². The summed E-state index contributed by atoms with van der Waals surface area (Å²) >= 11 is 0. The van der Waals surface area contributed by atoms with Crippen LogP contribution in [0, 0.1) is 0 Å². The van der Waals surface area contributed by atoms with Gasteiger partial charge in [-0.05, 0) is 70.6 Å². The molecule has 3 unspecified atom stereocenters. The van der Waals surface area contributed by atoms with Crippen LogP contribution in [0.1, 0.15) is 220 Å². The van der Waals surface area contributed by atoms with Crippen molar-refractivity contribution in [2.75, 3.05) is 6.61 Å². The average molecular weight is 706 g/mol. The predicted octanol–water partition coefficient (Wildman–Crippen LogP) is 12.0.